The van der Waals surface area contributed by atoms with Crippen molar-refractivity contribution in [2.24, 2.45) is 11.5 Å². The van der Waals surface area contributed by atoms with E-state index >= 15 is 0 Å². The van der Waals surface area contributed by atoms with E-state index in [0.29, 0.717) is 13.0 Å². The van der Waals surface area contributed by atoms with Crippen molar-refractivity contribution in [2.45, 2.75) is 18.8 Å². The van der Waals surface area contributed by atoms with Gasteiger partial charge in [-0.15, -0.1) is 0 Å². The summed E-state index contributed by atoms with van der Waals surface area (Å²) in [5.74, 6) is -0.939. The fourth-order valence-corrected chi connectivity index (χ4v) is 1.26. The van der Waals surface area contributed by atoms with Gasteiger partial charge in [0.05, 0.1) is 13.3 Å². The molecule has 1 saturated heterocycles. The van der Waals surface area contributed by atoms with Gasteiger partial charge in [0, 0.05) is 12.7 Å². The molecule has 0 aromatic rings. The van der Waals surface area contributed by atoms with Gasteiger partial charge < -0.3 is 16.1 Å². The third-order valence-electron chi connectivity index (χ3n) is 1.95. The lowest BCUT2D eigenvalue weighted by Gasteiger charge is -2.19. The average molecular weight is 214 g/mol. The zero-order valence-corrected chi connectivity index (χ0v) is 8.22. The van der Waals surface area contributed by atoms with E-state index in [-0.39, 0.29) is 19.0 Å². The maximum Gasteiger partial charge on any atom is 0.303 e. The molecule has 1 aliphatic heterocycles. The van der Waals surface area contributed by atoms with E-state index in [9.17, 15) is 9.59 Å². The Kier molecular flexibility index (Phi) is 4.54. The lowest BCUT2D eigenvalue weighted by atomic mass is 9.94. The van der Waals surface area contributed by atoms with E-state index in [0.717, 1.165) is 5.06 Å². The Morgan fingerprint density at radius 1 is 1.60 bits per heavy atom. The van der Waals surface area contributed by atoms with Crippen LogP contribution in [0, 0.1) is 0 Å². The molecular weight excluding hydrogens is 201 g/mol. The first-order chi connectivity index (χ1) is 7.16. The third-order valence-corrected chi connectivity index (χ3v) is 1.95. The molecule has 0 bridgehead atoms. The zero-order chi connectivity index (χ0) is 11.3. The molecule has 15 heavy (non-hydrogen) atoms. The van der Waals surface area contributed by atoms with Gasteiger partial charge in [0.15, 0.2) is 0 Å². The quantitative estimate of drug-likeness (QED) is 0.312. The lowest BCUT2D eigenvalue weighted by Crippen LogP contribution is -2.43. The predicted molar refractivity (Wildman–Crippen MR) is 51.1 cm³/mol. The highest BCUT2D eigenvalue weighted by molar-refractivity contribution is 6.34. The smallest absolute Gasteiger partial charge is 0.303 e. The van der Waals surface area contributed by atoms with Crippen LogP contribution in [0.1, 0.15) is 6.42 Å². The van der Waals surface area contributed by atoms with Crippen molar-refractivity contribution in [3.63, 3.8) is 0 Å². The van der Waals surface area contributed by atoms with Crippen molar-refractivity contribution < 1.29 is 19.1 Å². The van der Waals surface area contributed by atoms with E-state index in [4.69, 9.17) is 21.0 Å². The molecule has 4 N–H and O–H groups in total. The Hall–Kier alpha value is -1.12. The second-order valence-corrected chi connectivity index (χ2v) is 2.96. The van der Waals surface area contributed by atoms with Crippen LogP contribution >= 0.6 is 0 Å². The first-order valence-corrected chi connectivity index (χ1v) is 4.54. The normalized spacial score (nSPS) is 20.3. The van der Waals surface area contributed by atoms with Crippen molar-refractivity contribution in [1.82, 2.24) is 5.06 Å². The summed E-state index contributed by atoms with van der Waals surface area (Å²) in [4.78, 5) is 27.4. The van der Waals surface area contributed by atoms with Crippen LogP contribution in [0.3, 0.4) is 0 Å². The van der Waals surface area contributed by atoms with Crippen LogP contribution in [0.15, 0.2) is 0 Å². The molecule has 2 amide bonds. The molecule has 83 valence electrons. The number of carbonyl (C=O) groups excluding carboxylic acids is 2. The molecule has 1 aliphatic rings. The molecule has 1 fully saturated rings. The van der Waals surface area contributed by atoms with Crippen LogP contribution in [0.4, 0.5) is 0 Å². The van der Waals surface area contributed by atoms with Gasteiger partial charge in [-0.3, -0.25) is 14.4 Å². The Morgan fingerprint density at radius 2 is 2.33 bits per heavy atom. The summed E-state index contributed by atoms with van der Waals surface area (Å²) in [5.41, 5.74) is 10.2. The Morgan fingerprint density at radius 3 is 2.93 bits per heavy atom. The first kappa shape index (κ1) is 12.0. The minimum Gasteiger partial charge on any atom is -0.428 e. The van der Waals surface area contributed by atoms with Crippen LogP contribution in [-0.4, -0.2) is 43.7 Å². The summed E-state index contributed by atoms with van der Waals surface area (Å²) in [6, 6.07) is -0.677. The Labute approximate surface area is 87.9 Å². The summed E-state index contributed by atoms with van der Waals surface area (Å²) >= 11 is 0. The van der Waals surface area contributed by atoms with Gasteiger partial charge in [0.1, 0.15) is 6.04 Å². The van der Waals surface area contributed by atoms with Crippen molar-refractivity contribution in [1.29, 1.82) is 0 Å². The lowest BCUT2D eigenvalue weighted by molar-refractivity contribution is -0.176. The molecular formula is C7H13BN3O4. The van der Waals surface area contributed by atoms with E-state index in [1.165, 1.54) is 7.48 Å². The number of carbonyl (C=O) groups is 2. The fourth-order valence-electron chi connectivity index (χ4n) is 1.26. The van der Waals surface area contributed by atoms with Crippen molar-refractivity contribution in [3.8, 4) is 0 Å². The SMILES string of the molecule is NCO[B]CC(=O)N1OCCC1C(N)=O. The maximum atomic E-state index is 11.5. The summed E-state index contributed by atoms with van der Waals surface area (Å²) in [5, 5.41) is 0.999. The number of hydrogen-bond acceptors (Lipinski definition) is 5. The Balaban J connectivity index is 2.40. The molecule has 1 atom stereocenters. The van der Waals surface area contributed by atoms with Gasteiger partial charge in [-0.05, 0) is 0 Å². The number of nitrogens with two attached hydrogens (primary N) is 2. The highest BCUT2D eigenvalue weighted by Crippen LogP contribution is 2.15. The predicted octanol–water partition coefficient (Wildman–Crippen LogP) is -2.03. The third kappa shape index (κ3) is 3.19. The number of rotatable bonds is 5. The molecule has 1 unspecified atom stereocenters. The average Bonchev–Trinajstić information content (AvgIpc) is 2.66. The van der Waals surface area contributed by atoms with Crippen molar-refractivity contribution >= 4 is 19.3 Å². The van der Waals surface area contributed by atoms with Gasteiger partial charge in [-0.1, -0.05) is 0 Å². The molecule has 7 nitrogen and oxygen atoms in total. The van der Waals surface area contributed by atoms with Crippen LogP contribution in [0.25, 0.3) is 0 Å². The summed E-state index contributed by atoms with van der Waals surface area (Å²) in [6.45, 7) is 0.324. The number of amides is 2. The first-order valence-electron chi connectivity index (χ1n) is 4.54. The second kappa shape index (κ2) is 5.69. The fraction of sp³-hybridized carbons (Fsp3) is 0.714. The minimum absolute atomic E-state index is 0.000972. The van der Waals surface area contributed by atoms with E-state index in [1.54, 1.807) is 0 Å². The van der Waals surface area contributed by atoms with Crippen LogP contribution in [0.5, 0.6) is 0 Å². The van der Waals surface area contributed by atoms with Crippen LogP contribution < -0.4 is 11.5 Å². The summed E-state index contributed by atoms with van der Waals surface area (Å²) < 4.78 is 4.69. The molecule has 8 heteroatoms. The van der Waals surface area contributed by atoms with Crippen LogP contribution in [0.2, 0.25) is 6.32 Å². The van der Waals surface area contributed by atoms with Gasteiger partial charge in [0.25, 0.3) is 0 Å². The highest BCUT2D eigenvalue weighted by atomic mass is 16.7. The standard InChI is InChI=1S/C7H13BN3O4/c9-4-14-8-3-6(12)11-5(7(10)13)1-2-15-11/h5H,1-4,9H2,(H2,10,13). The molecule has 0 spiro atoms. The molecule has 1 heterocycles. The van der Waals surface area contributed by atoms with Gasteiger partial charge in [-0.25, -0.2) is 5.06 Å². The summed E-state index contributed by atoms with van der Waals surface area (Å²) in [6.07, 6.45) is 0.430. The largest absolute Gasteiger partial charge is 0.428 e. The Bertz CT molecular complexity index is 250. The van der Waals surface area contributed by atoms with Crippen molar-refractivity contribution in [3.05, 3.63) is 0 Å². The number of nitrogens with zero attached hydrogens (tertiary/aromatic N) is 1. The van der Waals surface area contributed by atoms with E-state index < -0.39 is 11.9 Å². The molecule has 1 rings (SSSR count). The highest BCUT2D eigenvalue weighted by Gasteiger charge is 2.34. The summed E-state index contributed by atoms with van der Waals surface area (Å²) in [7, 11) is 1.27. The molecule has 0 aliphatic carbocycles. The number of hydroxylamine groups is 2. The zero-order valence-electron chi connectivity index (χ0n) is 8.22. The van der Waals surface area contributed by atoms with Crippen LogP contribution in [-0.2, 0) is 19.1 Å². The van der Waals surface area contributed by atoms with E-state index in [2.05, 4.69) is 0 Å². The molecule has 0 saturated carbocycles. The second-order valence-electron chi connectivity index (χ2n) is 2.96. The van der Waals surface area contributed by atoms with Crippen molar-refractivity contribution in [2.75, 3.05) is 13.3 Å². The monoisotopic (exact) mass is 214 g/mol. The molecule has 0 aromatic heterocycles. The maximum absolute atomic E-state index is 11.5. The van der Waals surface area contributed by atoms with Gasteiger partial charge >= 0.3 is 7.48 Å². The minimum atomic E-state index is -0.677. The molecule has 1 radical (unpaired) electrons. The topological polar surface area (TPSA) is 108 Å². The van der Waals surface area contributed by atoms with Gasteiger partial charge in [0.2, 0.25) is 11.8 Å². The van der Waals surface area contributed by atoms with Gasteiger partial charge in [-0.2, -0.15) is 0 Å². The number of primary amides is 1. The molecule has 0 aromatic carbocycles. The number of hydrogen-bond donors (Lipinski definition) is 2. The van der Waals surface area contributed by atoms with E-state index in [1.807, 2.05) is 0 Å².